The smallest absolute Gasteiger partial charge is 0.251 e. The summed E-state index contributed by atoms with van der Waals surface area (Å²) < 4.78 is 5.19. The van der Waals surface area contributed by atoms with Crippen molar-refractivity contribution in [2.24, 2.45) is 5.92 Å². The minimum absolute atomic E-state index is 0.152. The summed E-state index contributed by atoms with van der Waals surface area (Å²) in [6, 6.07) is 16.1. The van der Waals surface area contributed by atoms with Gasteiger partial charge in [0.05, 0.1) is 7.11 Å². The van der Waals surface area contributed by atoms with Crippen LogP contribution in [-0.2, 0) is 4.79 Å². The second-order valence-corrected chi connectivity index (χ2v) is 10.4. The van der Waals surface area contributed by atoms with Gasteiger partial charge in [0, 0.05) is 41.4 Å². The van der Waals surface area contributed by atoms with Crippen molar-refractivity contribution in [1.29, 1.82) is 0 Å². The summed E-state index contributed by atoms with van der Waals surface area (Å²) in [6.07, 6.45) is 6.44. The standard InChI is InChI=1S/C31H40N6O3/c1-21-19-22(2)35-31(34-21)36-26-11-9-24(10-12-26)29(38)37-28(20-23-7-5-4-6-8-23)30(39)33-18-17-32-25-13-15-27(40-3)16-14-25/h9-16,19,23,28,32H,4-8,17-18,20H2,1-3H3,(H,33,39)(H,37,38)(H,34,35,36)/t28-/m0/s1. The van der Waals surface area contributed by atoms with E-state index in [0.29, 0.717) is 36.9 Å². The average Bonchev–Trinajstić information content (AvgIpc) is 2.95. The van der Waals surface area contributed by atoms with Gasteiger partial charge >= 0.3 is 0 Å². The molecule has 1 aliphatic rings. The zero-order chi connectivity index (χ0) is 28.3. The van der Waals surface area contributed by atoms with Gasteiger partial charge in [-0.2, -0.15) is 0 Å². The molecule has 2 amide bonds. The maximum Gasteiger partial charge on any atom is 0.251 e. The quantitative estimate of drug-likeness (QED) is 0.233. The van der Waals surface area contributed by atoms with E-state index in [9.17, 15) is 9.59 Å². The van der Waals surface area contributed by atoms with Crippen LogP contribution in [0.5, 0.6) is 5.75 Å². The first kappa shape index (κ1) is 28.9. The molecular weight excluding hydrogens is 504 g/mol. The Hall–Kier alpha value is -4.14. The summed E-state index contributed by atoms with van der Waals surface area (Å²) >= 11 is 0. The van der Waals surface area contributed by atoms with Crippen molar-refractivity contribution in [2.45, 2.75) is 58.4 Å². The molecule has 4 rings (SSSR count). The van der Waals surface area contributed by atoms with Crippen molar-refractivity contribution in [2.75, 3.05) is 30.8 Å². The van der Waals surface area contributed by atoms with Crippen molar-refractivity contribution in [3.8, 4) is 5.75 Å². The zero-order valence-corrected chi connectivity index (χ0v) is 23.6. The Kier molecular flexibility index (Phi) is 10.3. The van der Waals surface area contributed by atoms with E-state index in [1.54, 1.807) is 19.2 Å². The van der Waals surface area contributed by atoms with Crippen LogP contribution in [0.3, 0.4) is 0 Å². The van der Waals surface area contributed by atoms with E-state index in [-0.39, 0.29) is 11.8 Å². The number of benzene rings is 2. The highest BCUT2D eigenvalue weighted by molar-refractivity contribution is 5.97. The van der Waals surface area contributed by atoms with Crippen molar-refractivity contribution in [1.82, 2.24) is 20.6 Å². The van der Waals surface area contributed by atoms with Crippen LogP contribution in [0.2, 0.25) is 0 Å². The molecule has 0 radical (unpaired) electrons. The highest BCUT2D eigenvalue weighted by Crippen LogP contribution is 2.27. The number of amides is 2. The fourth-order valence-corrected chi connectivity index (χ4v) is 5.07. The van der Waals surface area contributed by atoms with Gasteiger partial charge in [-0.1, -0.05) is 32.1 Å². The Bertz CT molecular complexity index is 1240. The van der Waals surface area contributed by atoms with Gasteiger partial charge < -0.3 is 26.0 Å². The number of aryl methyl sites for hydroxylation is 2. The number of nitrogens with zero attached hydrogens (tertiary/aromatic N) is 2. The monoisotopic (exact) mass is 544 g/mol. The summed E-state index contributed by atoms with van der Waals surface area (Å²) in [5.74, 6) is 1.33. The summed E-state index contributed by atoms with van der Waals surface area (Å²) in [7, 11) is 1.63. The fourth-order valence-electron chi connectivity index (χ4n) is 5.07. The molecule has 40 heavy (non-hydrogen) atoms. The molecule has 1 fully saturated rings. The van der Waals surface area contributed by atoms with Crippen LogP contribution < -0.4 is 26.0 Å². The number of carbonyl (C=O) groups is 2. The first-order chi connectivity index (χ1) is 19.4. The normalized spacial score (nSPS) is 14.2. The average molecular weight is 545 g/mol. The SMILES string of the molecule is COc1ccc(NCCNC(=O)[C@H](CC2CCCCC2)NC(=O)c2ccc(Nc3nc(C)cc(C)n3)cc2)cc1. The van der Waals surface area contributed by atoms with Gasteiger partial charge in [-0.05, 0) is 80.8 Å². The van der Waals surface area contributed by atoms with Gasteiger partial charge in [0.1, 0.15) is 11.8 Å². The number of carbonyl (C=O) groups excluding carboxylic acids is 2. The topological polar surface area (TPSA) is 117 Å². The van der Waals surface area contributed by atoms with E-state index in [1.165, 1.54) is 19.3 Å². The second-order valence-electron chi connectivity index (χ2n) is 10.4. The third-order valence-corrected chi connectivity index (χ3v) is 7.14. The lowest BCUT2D eigenvalue weighted by atomic mass is 9.84. The highest BCUT2D eigenvalue weighted by atomic mass is 16.5. The number of aromatic nitrogens is 2. The molecule has 1 atom stereocenters. The molecule has 1 heterocycles. The van der Waals surface area contributed by atoms with Crippen molar-refractivity contribution in [3.63, 3.8) is 0 Å². The molecule has 4 N–H and O–H groups in total. The van der Waals surface area contributed by atoms with E-state index in [2.05, 4.69) is 31.2 Å². The first-order valence-electron chi connectivity index (χ1n) is 14.1. The third-order valence-electron chi connectivity index (χ3n) is 7.14. The Balaban J connectivity index is 1.33. The van der Waals surface area contributed by atoms with Crippen LogP contribution in [0.4, 0.5) is 17.3 Å². The molecule has 0 aliphatic heterocycles. The Morgan fingerprint density at radius 1 is 0.900 bits per heavy atom. The lowest BCUT2D eigenvalue weighted by Crippen LogP contribution is -2.48. The van der Waals surface area contributed by atoms with Gasteiger partial charge in [-0.3, -0.25) is 9.59 Å². The molecule has 2 aromatic carbocycles. The van der Waals surface area contributed by atoms with Gasteiger partial charge in [0.15, 0.2) is 0 Å². The molecule has 1 aliphatic carbocycles. The number of rotatable bonds is 12. The van der Waals surface area contributed by atoms with Crippen LogP contribution in [-0.4, -0.2) is 48.0 Å². The van der Waals surface area contributed by atoms with Crippen molar-refractivity contribution in [3.05, 3.63) is 71.5 Å². The van der Waals surface area contributed by atoms with E-state index >= 15 is 0 Å². The maximum absolute atomic E-state index is 13.2. The molecule has 0 spiro atoms. The molecule has 1 saturated carbocycles. The molecule has 0 bridgehead atoms. The zero-order valence-electron chi connectivity index (χ0n) is 23.6. The molecule has 3 aromatic rings. The van der Waals surface area contributed by atoms with Crippen LogP contribution in [0, 0.1) is 19.8 Å². The molecule has 1 aromatic heterocycles. The number of hydrogen-bond donors (Lipinski definition) is 4. The first-order valence-corrected chi connectivity index (χ1v) is 14.1. The number of ether oxygens (including phenoxy) is 1. The fraction of sp³-hybridized carbons (Fsp3) is 0.419. The largest absolute Gasteiger partial charge is 0.497 e. The molecule has 9 nitrogen and oxygen atoms in total. The lowest BCUT2D eigenvalue weighted by Gasteiger charge is -2.26. The number of methoxy groups -OCH3 is 1. The third kappa shape index (κ3) is 8.69. The second kappa shape index (κ2) is 14.3. The predicted octanol–water partition coefficient (Wildman–Crippen LogP) is 5.14. The van der Waals surface area contributed by atoms with Crippen molar-refractivity contribution >= 4 is 29.1 Å². The summed E-state index contributed by atoms with van der Waals surface area (Å²) in [6.45, 7) is 4.86. The summed E-state index contributed by atoms with van der Waals surface area (Å²) in [4.78, 5) is 35.2. The van der Waals surface area contributed by atoms with Crippen LogP contribution in [0.15, 0.2) is 54.6 Å². The maximum atomic E-state index is 13.2. The van der Waals surface area contributed by atoms with Crippen LogP contribution in [0.25, 0.3) is 0 Å². The van der Waals surface area contributed by atoms with Gasteiger partial charge in [0.25, 0.3) is 5.91 Å². The van der Waals surface area contributed by atoms with E-state index in [0.717, 1.165) is 41.4 Å². The molecule has 0 unspecified atom stereocenters. The summed E-state index contributed by atoms with van der Waals surface area (Å²) in [5, 5.41) is 12.5. The molecule has 0 saturated heterocycles. The summed E-state index contributed by atoms with van der Waals surface area (Å²) in [5.41, 5.74) is 3.98. The molecular formula is C31H40N6O3. The molecule has 212 valence electrons. The highest BCUT2D eigenvalue weighted by Gasteiger charge is 2.26. The minimum Gasteiger partial charge on any atom is -0.497 e. The van der Waals surface area contributed by atoms with E-state index < -0.39 is 6.04 Å². The molecule has 9 heteroatoms. The lowest BCUT2D eigenvalue weighted by molar-refractivity contribution is -0.123. The van der Waals surface area contributed by atoms with E-state index in [1.807, 2.05) is 56.3 Å². The Morgan fingerprint density at radius 2 is 1.55 bits per heavy atom. The number of nitrogens with one attached hydrogen (secondary N) is 4. The predicted molar refractivity (Wildman–Crippen MR) is 158 cm³/mol. The van der Waals surface area contributed by atoms with Crippen LogP contribution in [0.1, 0.15) is 60.3 Å². The van der Waals surface area contributed by atoms with Gasteiger partial charge in [0.2, 0.25) is 11.9 Å². The van der Waals surface area contributed by atoms with Crippen LogP contribution >= 0.6 is 0 Å². The minimum atomic E-state index is -0.585. The van der Waals surface area contributed by atoms with Gasteiger partial charge in [-0.25, -0.2) is 9.97 Å². The van der Waals surface area contributed by atoms with Crippen molar-refractivity contribution < 1.29 is 14.3 Å². The Labute approximate surface area is 236 Å². The van der Waals surface area contributed by atoms with Gasteiger partial charge in [-0.15, -0.1) is 0 Å². The van der Waals surface area contributed by atoms with E-state index in [4.69, 9.17) is 4.74 Å². The number of anilines is 3. The Morgan fingerprint density at radius 3 is 2.20 bits per heavy atom. The number of hydrogen-bond acceptors (Lipinski definition) is 7.